The van der Waals surface area contributed by atoms with E-state index in [1.807, 2.05) is 25.1 Å². The predicted molar refractivity (Wildman–Crippen MR) is 58.4 cm³/mol. The van der Waals surface area contributed by atoms with Gasteiger partial charge in [-0.25, -0.2) is 9.97 Å². The Kier molecular flexibility index (Phi) is 3.79. The smallest absolute Gasteiger partial charge is 0.229 e. The number of aromatic nitrogens is 2. The lowest BCUT2D eigenvalue weighted by atomic mass is 10.4. The van der Waals surface area contributed by atoms with Crippen LogP contribution in [0.5, 0.6) is 0 Å². The number of allylic oxidation sites excluding steroid dienone is 1. The van der Waals surface area contributed by atoms with Crippen molar-refractivity contribution in [3.8, 4) is 0 Å². The summed E-state index contributed by atoms with van der Waals surface area (Å²) >= 11 is 0. The van der Waals surface area contributed by atoms with Gasteiger partial charge in [-0.05, 0) is 19.2 Å². The minimum Gasteiger partial charge on any atom is -0.318 e. The van der Waals surface area contributed by atoms with Gasteiger partial charge in [0.1, 0.15) is 0 Å². The van der Waals surface area contributed by atoms with E-state index in [9.17, 15) is 0 Å². The molecule has 0 aromatic carbocycles. The summed E-state index contributed by atoms with van der Waals surface area (Å²) in [6.45, 7) is 5.52. The molecule has 0 saturated carbocycles. The number of rotatable bonds is 4. The molecule has 1 rings (SSSR count). The highest BCUT2D eigenvalue weighted by Crippen LogP contribution is 2.07. The van der Waals surface area contributed by atoms with Gasteiger partial charge in [0.25, 0.3) is 0 Å². The molecule has 74 valence electrons. The van der Waals surface area contributed by atoms with Crippen molar-refractivity contribution in [3.63, 3.8) is 0 Å². The second-order valence-corrected chi connectivity index (χ2v) is 2.79. The maximum atomic E-state index is 4.11. The van der Waals surface area contributed by atoms with Crippen LogP contribution in [0.4, 0.5) is 5.95 Å². The summed E-state index contributed by atoms with van der Waals surface area (Å²) in [6, 6.07) is 1.79. The molecule has 0 aliphatic rings. The maximum Gasteiger partial charge on any atom is 0.229 e. The van der Waals surface area contributed by atoms with Gasteiger partial charge in [-0.15, -0.1) is 0 Å². The van der Waals surface area contributed by atoms with Gasteiger partial charge in [0.15, 0.2) is 0 Å². The topological polar surface area (TPSA) is 41.4 Å². The molecule has 0 aliphatic heterocycles. The number of aliphatic imine (C=N–C) groups is 1. The van der Waals surface area contributed by atoms with E-state index in [0.29, 0.717) is 5.95 Å². The van der Waals surface area contributed by atoms with Gasteiger partial charge >= 0.3 is 0 Å². The highest BCUT2D eigenvalue weighted by Gasteiger charge is 1.99. The lowest BCUT2D eigenvalue weighted by Gasteiger charge is -2.11. The molecule has 0 atom stereocenters. The van der Waals surface area contributed by atoms with Crippen LogP contribution in [0, 0.1) is 0 Å². The Morgan fingerprint density at radius 2 is 2.21 bits per heavy atom. The first-order chi connectivity index (χ1) is 6.77. The highest BCUT2D eigenvalue weighted by atomic mass is 15.2. The van der Waals surface area contributed by atoms with Gasteiger partial charge in [0, 0.05) is 25.6 Å². The predicted octanol–water partition coefficient (Wildman–Crippen LogP) is 1.86. The Bertz CT molecular complexity index is 318. The van der Waals surface area contributed by atoms with Crippen LogP contribution in [-0.4, -0.2) is 23.7 Å². The fraction of sp³-hybridized carbons (Fsp3) is 0.300. The van der Waals surface area contributed by atoms with Crippen LogP contribution in [0.2, 0.25) is 0 Å². The van der Waals surface area contributed by atoms with Gasteiger partial charge in [0.05, 0.1) is 5.70 Å². The average molecular weight is 190 g/mol. The van der Waals surface area contributed by atoms with Crippen molar-refractivity contribution in [1.82, 2.24) is 9.97 Å². The van der Waals surface area contributed by atoms with Crippen LogP contribution in [-0.2, 0) is 0 Å². The summed E-state index contributed by atoms with van der Waals surface area (Å²) < 4.78 is 0. The lowest BCUT2D eigenvalue weighted by Crippen LogP contribution is -2.12. The van der Waals surface area contributed by atoms with Gasteiger partial charge in [-0.1, -0.05) is 6.92 Å². The first-order valence-corrected chi connectivity index (χ1v) is 4.45. The van der Waals surface area contributed by atoms with Crippen molar-refractivity contribution in [1.29, 1.82) is 0 Å². The van der Waals surface area contributed by atoms with Crippen LogP contribution in [0.25, 0.3) is 0 Å². The van der Waals surface area contributed by atoms with E-state index in [4.69, 9.17) is 0 Å². The third-order valence-electron chi connectivity index (χ3n) is 1.78. The quantitative estimate of drug-likeness (QED) is 0.680. The van der Waals surface area contributed by atoms with E-state index < -0.39 is 0 Å². The Morgan fingerprint density at radius 3 is 2.71 bits per heavy atom. The molecule has 0 unspecified atom stereocenters. The summed E-state index contributed by atoms with van der Waals surface area (Å²) in [4.78, 5) is 13.9. The molecule has 0 fully saturated rings. The molecule has 1 aromatic heterocycles. The SMILES string of the molecule is C=N/C(=C\N(C)c1ncccn1)CC. The first kappa shape index (κ1) is 10.4. The zero-order valence-corrected chi connectivity index (χ0v) is 8.51. The summed E-state index contributed by atoms with van der Waals surface area (Å²) in [5.74, 6) is 0.655. The minimum absolute atomic E-state index is 0.655. The Hall–Kier alpha value is -1.71. The van der Waals surface area contributed by atoms with E-state index in [1.165, 1.54) is 0 Å². The van der Waals surface area contributed by atoms with Gasteiger partial charge in [-0.3, -0.25) is 4.99 Å². The van der Waals surface area contributed by atoms with Crippen molar-refractivity contribution in [2.24, 2.45) is 4.99 Å². The number of anilines is 1. The van der Waals surface area contributed by atoms with Crippen molar-refractivity contribution in [2.75, 3.05) is 11.9 Å². The third-order valence-corrected chi connectivity index (χ3v) is 1.78. The molecule has 1 aromatic rings. The maximum absolute atomic E-state index is 4.11. The fourth-order valence-electron chi connectivity index (χ4n) is 0.999. The van der Waals surface area contributed by atoms with Crippen LogP contribution in [0.3, 0.4) is 0 Å². The third kappa shape index (κ3) is 2.65. The van der Waals surface area contributed by atoms with Gasteiger partial charge < -0.3 is 4.90 Å². The molecule has 0 aliphatic carbocycles. The lowest BCUT2D eigenvalue weighted by molar-refractivity contribution is 0.990. The Balaban J connectivity index is 2.81. The second kappa shape index (κ2) is 5.11. The molecule has 4 heteroatoms. The zero-order valence-electron chi connectivity index (χ0n) is 8.51. The molecule has 14 heavy (non-hydrogen) atoms. The minimum atomic E-state index is 0.655. The Morgan fingerprint density at radius 1 is 1.57 bits per heavy atom. The van der Waals surface area contributed by atoms with E-state index in [0.717, 1.165) is 12.1 Å². The zero-order chi connectivity index (χ0) is 10.4. The molecular formula is C10H14N4. The second-order valence-electron chi connectivity index (χ2n) is 2.79. The largest absolute Gasteiger partial charge is 0.318 e. The standard InChI is InChI=1S/C10H14N4/c1-4-9(11-2)8-14(3)10-12-6-5-7-13-10/h5-8H,2,4H2,1,3H3/b9-8-. The molecule has 0 saturated heterocycles. The summed E-state index contributed by atoms with van der Waals surface area (Å²) in [6.07, 6.45) is 6.14. The van der Waals surface area contributed by atoms with Crippen LogP contribution in [0.15, 0.2) is 35.3 Å². The van der Waals surface area contributed by atoms with Crippen molar-refractivity contribution in [3.05, 3.63) is 30.4 Å². The summed E-state index contributed by atoms with van der Waals surface area (Å²) in [7, 11) is 1.89. The van der Waals surface area contributed by atoms with Gasteiger partial charge in [-0.2, -0.15) is 0 Å². The summed E-state index contributed by atoms with van der Waals surface area (Å²) in [5.41, 5.74) is 0.917. The molecule has 0 N–H and O–H groups in total. The molecule has 4 nitrogen and oxygen atoms in total. The van der Waals surface area contributed by atoms with Crippen LogP contribution >= 0.6 is 0 Å². The number of hydrogen-bond donors (Lipinski definition) is 0. The van der Waals surface area contributed by atoms with Crippen molar-refractivity contribution >= 4 is 12.7 Å². The average Bonchev–Trinajstić information content (AvgIpc) is 2.26. The normalized spacial score (nSPS) is 11.1. The summed E-state index contributed by atoms with van der Waals surface area (Å²) in [5, 5.41) is 0. The molecule has 0 amide bonds. The Labute approximate surface area is 84.0 Å². The van der Waals surface area contributed by atoms with E-state index >= 15 is 0 Å². The van der Waals surface area contributed by atoms with Crippen LogP contribution in [0.1, 0.15) is 13.3 Å². The molecule has 0 bridgehead atoms. The van der Waals surface area contributed by atoms with Crippen molar-refractivity contribution < 1.29 is 0 Å². The van der Waals surface area contributed by atoms with E-state index in [1.54, 1.807) is 18.5 Å². The first-order valence-electron chi connectivity index (χ1n) is 4.45. The van der Waals surface area contributed by atoms with Crippen LogP contribution < -0.4 is 4.90 Å². The molecular weight excluding hydrogens is 176 g/mol. The van der Waals surface area contributed by atoms with E-state index in [-0.39, 0.29) is 0 Å². The number of hydrogen-bond acceptors (Lipinski definition) is 4. The highest BCUT2D eigenvalue weighted by molar-refractivity contribution is 5.36. The van der Waals surface area contributed by atoms with E-state index in [2.05, 4.69) is 21.7 Å². The molecule has 0 spiro atoms. The number of nitrogens with zero attached hydrogens (tertiary/aromatic N) is 4. The fourth-order valence-corrected chi connectivity index (χ4v) is 0.999. The van der Waals surface area contributed by atoms with Gasteiger partial charge in [0.2, 0.25) is 5.95 Å². The van der Waals surface area contributed by atoms with Crippen molar-refractivity contribution in [2.45, 2.75) is 13.3 Å². The monoisotopic (exact) mass is 190 g/mol. The molecule has 0 radical (unpaired) electrons. The molecule has 1 heterocycles.